The molecule has 1 amide bonds. The van der Waals surface area contributed by atoms with Crippen molar-refractivity contribution in [2.75, 3.05) is 6.54 Å². The lowest BCUT2D eigenvalue weighted by Crippen LogP contribution is -2.45. The van der Waals surface area contributed by atoms with Gasteiger partial charge in [-0.05, 0) is 35.6 Å². The van der Waals surface area contributed by atoms with E-state index in [0.29, 0.717) is 0 Å². The maximum atomic E-state index is 13.2. The molecule has 5 nitrogen and oxygen atoms in total. The van der Waals surface area contributed by atoms with Crippen LogP contribution in [0.3, 0.4) is 0 Å². The fraction of sp³-hybridized carbons (Fsp3) is 0.250. The summed E-state index contributed by atoms with van der Waals surface area (Å²) in [5, 5.41) is 4.93. The van der Waals surface area contributed by atoms with Crippen molar-refractivity contribution in [3.05, 3.63) is 71.5 Å². The molecule has 2 aliphatic rings. The Morgan fingerprint density at radius 2 is 1.79 bits per heavy atom. The first kappa shape index (κ1) is 16.6. The smallest absolute Gasteiger partial charge is 0.229 e. The van der Waals surface area contributed by atoms with Crippen molar-refractivity contribution in [1.29, 1.82) is 0 Å². The maximum absolute atomic E-state index is 13.2. The average Bonchev–Trinajstić information content (AvgIpc) is 3.33. The Morgan fingerprint density at radius 3 is 2.72 bits per heavy atom. The number of rotatable bonds is 2. The number of ketones is 1. The number of carbonyl (C=O) groups is 2. The van der Waals surface area contributed by atoms with Crippen molar-refractivity contribution in [3.8, 4) is 0 Å². The molecule has 2 aliphatic heterocycles. The monoisotopic (exact) mass is 383 g/mol. The van der Waals surface area contributed by atoms with E-state index in [1.54, 1.807) is 0 Å². The lowest BCUT2D eigenvalue weighted by atomic mass is 9.76. The van der Waals surface area contributed by atoms with E-state index in [4.69, 9.17) is 0 Å². The standard InChI is InChI=1S/C24H21N3O2/c28-20-12-26-24(29)22(17-11-25-19-9-2-1-7-15(17)19)21(20)18-13-27-10-4-6-14-5-3-8-16(18)23(14)27/h1-3,5,7-9,11,13,21-22,25H,4,6,10,12H2,(H,26,29). The number of benzene rings is 2. The second kappa shape index (κ2) is 6.08. The minimum Gasteiger partial charge on any atom is -0.361 e. The number of piperidine rings is 1. The van der Waals surface area contributed by atoms with Crippen molar-refractivity contribution >= 4 is 33.5 Å². The van der Waals surface area contributed by atoms with Gasteiger partial charge < -0.3 is 14.9 Å². The number of hydrogen-bond donors (Lipinski definition) is 2. The lowest BCUT2D eigenvalue weighted by Gasteiger charge is -2.30. The number of para-hydroxylation sites is 2. The van der Waals surface area contributed by atoms with Crippen LogP contribution in [-0.2, 0) is 22.6 Å². The number of nitrogens with one attached hydrogen (secondary N) is 2. The quantitative estimate of drug-likeness (QED) is 0.555. The molecule has 1 saturated heterocycles. The fourth-order valence-corrected chi connectivity index (χ4v) is 5.29. The molecular formula is C24H21N3O2. The summed E-state index contributed by atoms with van der Waals surface area (Å²) in [6, 6.07) is 14.3. The molecule has 0 radical (unpaired) electrons. The summed E-state index contributed by atoms with van der Waals surface area (Å²) in [6.07, 6.45) is 6.18. The first-order valence-corrected chi connectivity index (χ1v) is 10.2. The largest absolute Gasteiger partial charge is 0.361 e. The van der Waals surface area contributed by atoms with Gasteiger partial charge >= 0.3 is 0 Å². The molecule has 29 heavy (non-hydrogen) atoms. The molecule has 2 atom stereocenters. The summed E-state index contributed by atoms with van der Waals surface area (Å²) in [5.41, 5.74) is 5.42. The highest BCUT2D eigenvalue weighted by Gasteiger charge is 2.42. The Bertz CT molecular complexity index is 1300. The highest BCUT2D eigenvalue weighted by molar-refractivity contribution is 6.06. The Balaban J connectivity index is 1.59. The van der Waals surface area contributed by atoms with Crippen molar-refractivity contribution in [2.45, 2.75) is 31.2 Å². The van der Waals surface area contributed by atoms with Crippen molar-refractivity contribution in [3.63, 3.8) is 0 Å². The van der Waals surface area contributed by atoms with Crippen LogP contribution in [0, 0.1) is 0 Å². The summed E-state index contributed by atoms with van der Waals surface area (Å²) in [4.78, 5) is 29.5. The Morgan fingerprint density at radius 1 is 0.931 bits per heavy atom. The van der Waals surface area contributed by atoms with Gasteiger partial charge in [-0.15, -0.1) is 0 Å². The van der Waals surface area contributed by atoms with Crippen molar-refractivity contribution in [2.24, 2.45) is 0 Å². The Labute approximate surface area is 167 Å². The van der Waals surface area contributed by atoms with Crippen LogP contribution < -0.4 is 5.32 Å². The number of carbonyl (C=O) groups excluding carboxylic acids is 2. The van der Waals surface area contributed by atoms with Crippen LogP contribution in [0.15, 0.2) is 54.9 Å². The number of aryl methyl sites for hydroxylation is 2. The molecule has 2 N–H and O–H groups in total. The van der Waals surface area contributed by atoms with Gasteiger partial charge in [0.25, 0.3) is 0 Å². The van der Waals surface area contributed by atoms with Crippen LogP contribution in [0.4, 0.5) is 0 Å². The molecule has 0 spiro atoms. The molecule has 4 heterocycles. The van der Waals surface area contributed by atoms with Gasteiger partial charge in [0.2, 0.25) is 5.91 Å². The van der Waals surface area contributed by atoms with Gasteiger partial charge in [0.1, 0.15) is 0 Å². The first-order valence-electron chi connectivity index (χ1n) is 10.2. The first-order chi connectivity index (χ1) is 14.2. The third-order valence-corrected chi connectivity index (χ3v) is 6.55. The second-order valence-electron chi connectivity index (χ2n) is 8.12. The molecule has 0 bridgehead atoms. The van der Waals surface area contributed by atoms with Crippen LogP contribution >= 0.6 is 0 Å². The summed E-state index contributed by atoms with van der Waals surface area (Å²) in [5.74, 6) is -1.01. The van der Waals surface area contributed by atoms with Crippen LogP contribution in [0.5, 0.6) is 0 Å². The summed E-state index contributed by atoms with van der Waals surface area (Å²) in [6.45, 7) is 1.05. The number of H-pyrrole nitrogens is 1. The number of nitrogens with zero attached hydrogens (tertiary/aromatic N) is 1. The highest BCUT2D eigenvalue weighted by Crippen LogP contribution is 2.43. The van der Waals surface area contributed by atoms with Gasteiger partial charge in [-0.25, -0.2) is 0 Å². The van der Waals surface area contributed by atoms with Crippen LogP contribution in [-0.4, -0.2) is 27.8 Å². The van der Waals surface area contributed by atoms with E-state index in [1.165, 1.54) is 11.1 Å². The molecule has 2 aromatic heterocycles. The van der Waals surface area contributed by atoms with E-state index >= 15 is 0 Å². The minimum absolute atomic E-state index is 0.0728. The second-order valence-corrected chi connectivity index (χ2v) is 8.12. The van der Waals surface area contributed by atoms with E-state index in [-0.39, 0.29) is 18.2 Å². The van der Waals surface area contributed by atoms with Crippen LogP contribution in [0.2, 0.25) is 0 Å². The number of Topliss-reactive ketones (excluding diaryl/α,β-unsaturated/α-hetero) is 1. The molecule has 5 heteroatoms. The normalized spacial score (nSPS) is 21.7. The molecule has 2 aromatic carbocycles. The number of aromatic nitrogens is 2. The van der Waals surface area contributed by atoms with Gasteiger partial charge in [0, 0.05) is 35.2 Å². The van der Waals surface area contributed by atoms with Gasteiger partial charge in [-0.1, -0.05) is 36.4 Å². The van der Waals surface area contributed by atoms with Crippen LogP contribution in [0.25, 0.3) is 21.8 Å². The zero-order valence-electron chi connectivity index (χ0n) is 15.9. The molecule has 2 unspecified atom stereocenters. The molecule has 6 rings (SSSR count). The lowest BCUT2D eigenvalue weighted by molar-refractivity contribution is -0.132. The molecule has 4 aromatic rings. The van der Waals surface area contributed by atoms with Crippen molar-refractivity contribution < 1.29 is 9.59 Å². The third-order valence-electron chi connectivity index (χ3n) is 6.55. The zero-order valence-corrected chi connectivity index (χ0v) is 15.9. The predicted octanol–water partition coefficient (Wildman–Crippen LogP) is 3.64. The number of hydrogen-bond acceptors (Lipinski definition) is 2. The topological polar surface area (TPSA) is 66.9 Å². The molecule has 0 saturated carbocycles. The minimum atomic E-state index is -0.532. The van der Waals surface area contributed by atoms with E-state index in [1.807, 2.05) is 30.5 Å². The predicted molar refractivity (Wildman–Crippen MR) is 112 cm³/mol. The molecule has 144 valence electrons. The zero-order chi connectivity index (χ0) is 19.5. The maximum Gasteiger partial charge on any atom is 0.229 e. The number of amides is 1. The Kier molecular flexibility index (Phi) is 3.48. The van der Waals surface area contributed by atoms with E-state index in [9.17, 15) is 9.59 Å². The average molecular weight is 383 g/mol. The summed E-state index contributed by atoms with van der Waals surface area (Å²) in [7, 11) is 0. The summed E-state index contributed by atoms with van der Waals surface area (Å²) < 4.78 is 2.27. The number of fused-ring (bicyclic) bond motifs is 1. The molecule has 0 aliphatic carbocycles. The fourth-order valence-electron chi connectivity index (χ4n) is 5.29. The highest BCUT2D eigenvalue weighted by atomic mass is 16.2. The van der Waals surface area contributed by atoms with Crippen molar-refractivity contribution in [1.82, 2.24) is 14.9 Å². The van der Waals surface area contributed by atoms with Gasteiger partial charge in [-0.2, -0.15) is 0 Å². The molecule has 1 fully saturated rings. The van der Waals surface area contributed by atoms with Crippen LogP contribution in [0.1, 0.15) is 34.9 Å². The van der Waals surface area contributed by atoms with E-state index < -0.39 is 11.8 Å². The summed E-state index contributed by atoms with van der Waals surface area (Å²) >= 11 is 0. The SMILES string of the molecule is O=C1NCC(=O)C(c2cn3c4c(cccc24)CCC3)C1c1c[nH]c2ccccc12. The van der Waals surface area contributed by atoms with Gasteiger partial charge in [-0.3, -0.25) is 9.59 Å². The third kappa shape index (κ3) is 2.33. The van der Waals surface area contributed by atoms with E-state index in [2.05, 4.69) is 39.3 Å². The van der Waals surface area contributed by atoms with E-state index in [0.717, 1.165) is 46.8 Å². The van der Waals surface area contributed by atoms with Gasteiger partial charge in [0.05, 0.1) is 23.9 Å². The number of aromatic amines is 1. The Hall–Kier alpha value is -3.34. The molecular weight excluding hydrogens is 362 g/mol. The van der Waals surface area contributed by atoms with Gasteiger partial charge in [0.15, 0.2) is 5.78 Å².